The molecule has 0 aliphatic rings. The summed E-state index contributed by atoms with van der Waals surface area (Å²) in [5.41, 5.74) is 2.27. The molecule has 2 rings (SSSR count). The van der Waals surface area contributed by atoms with E-state index < -0.39 is 0 Å². The van der Waals surface area contributed by atoms with Crippen molar-refractivity contribution in [1.29, 1.82) is 0 Å². The number of allylic oxidation sites excluding steroid dienone is 1. The van der Waals surface area contributed by atoms with Gasteiger partial charge in [-0.05, 0) is 24.0 Å². The summed E-state index contributed by atoms with van der Waals surface area (Å²) in [5.74, 6) is 0. The number of rotatable bonds is 7. The summed E-state index contributed by atoms with van der Waals surface area (Å²) in [6, 6.07) is 19.9. The molecule has 0 radical (unpaired) electrons. The van der Waals surface area contributed by atoms with Crippen LogP contribution < -0.4 is 5.32 Å². The Morgan fingerprint density at radius 2 is 1.55 bits per heavy atom. The minimum Gasteiger partial charge on any atom is -0.445 e. The van der Waals surface area contributed by atoms with Gasteiger partial charge < -0.3 is 10.1 Å². The fourth-order valence-corrected chi connectivity index (χ4v) is 1.98. The van der Waals surface area contributed by atoms with Gasteiger partial charge in [-0.1, -0.05) is 72.8 Å². The standard InChI is InChI=1S/C19H21NO2/c21-19(22-16-18-13-6-2-7-14-18)20-15-9-3-8-12-17-10-4-1-5-11-17/h1-8,10-11,13-14H,9,12,15-16H2,(H,20,21). The number of amides is 1. The van der Waals surface area contributed by atoms with E-state index in [9.17, 15) is 4.79 Å². The number of carbonyl (C=O) groups is 1. The first-order valence-electron chi connectivity index (χ1n) is 7.48. The lowest BCUT2D eigenvalue weighted by molar-refractivity contribution is 0.140. The quantitative estimate of drug-likeness (QED) is 0.617. The fraction of sp³-hybridized carbons (Fsp3) is 0.211. The van der Waals surface area contributed by atoms with E-state index in [-0.39, 0.29) is 6.09 Å². The highest BCUT2D eigenvalue weighted by Crippen LogP contribution is 2.01. The maximum atomic E-state index is 11.5. The first-order chi connectivity index (χ1) is 10.8. The van der Waals surface area contributed by atoms with Gasteiger partial charge >= 0.3 is 6.09 Å². The van der Waals surface area contributed by atoms with Crippen molar-refractivity contribution in [3.63, 3.8) is 0 Å². The van der Waals surface area contributed by atoms with Crippen LogP contribution in [0, 0.1) is 0 Å². The number of nitrogens with one attached hydrogen (secondary N) is 1. The molecule has 0 fully saturated rings. The average Bonchev–Trinajstić information content (AvgIpc) is 2.58. The highest BCUT2D eigenvalue weighted by Gasteiger charge is 2.00. The Morgan fingerprint density at radius 3 is 2.23 bits per heavy atom. The summed E-state index contributed by atoms with van der Waals surface area (Å²) in [4.78, 5) is 11.5. The van der Waals surface area contributed by atoms with Crippen LogP contribution in [-0.4, -0.2) is 12.6 Å². The van der Waals surface area contributed by atoms with Gasteiger partial charge in [0.15, 0.2) is 0 Å². The van der Waals surface area contributed by atoms with Crippen LogP contribution in [-0.2, 0) is 17.8 Å². The van der Waals surface area contributed by atoms with E-state index in [1.807, 2.05) is 48.5 Å². The Balaban J connectivity index is 1.55. The molecule has 0 aromatic heterocycles. The highest BCUT2D eigenvalue weighted by atomic mass is 16.5. The van der Waals surface area contributed by atoms with E-state index in [0.29, 0.717) is 13.2 Å². The first kappa shape index (κ1) is 15.8. The normalized spacial score (nSPS) is 10.5. The van der Waals surface area contributed by atoms with Crippen molar-refractivity contribution in [2.75, 3.05) is 6.54 Å². The SMILES string of the molecule is O=C(NCCC=CCc1ccccc1)OCc1ccccc1. The molecule has 0 atom stereocenters. The van der Waals surface area contributed by atoms with Gasteiger partial charge in [-0.15, -0.1) is 0 Å². The highest BCUT2D eigenvalue weighted by molar-refractivity contribution is 5.67. The summed E-state index contributed by atoms with van der Waals surface area (Å²) in [5, 5.41) is 2.74. The average molecular weight is 295 g/mol. The summed E-state index contributed by atoms with van der Waals surface area (Å²) < 4.78 is 5.13. The van der Waals surface area contributed by atoms with E-state index in [2.05, 4.69) is 29.6 Å². The second-order valence-corrected chi connectivity index (χ2v) is 4.94. The lowest BCUT2D eigenvalue weighted by Crippen LogP contribution is -2.24. The van der Waals surface area contributed by atoms with E-state index in [1.54, 1.807) is 0 Å². The third kappa shape index (κ3) is 6.27. The molecular weight excluding hydrogens is 274 g/mol. The van der Waals surface area contributed by atoms with Gasteiger partial charge in [0.1, 0.15) is 6.61 Å². The van der Waals surface area contributed by atoms with Crippen molar-refractivity contribution in [2.24, 2.45) is 0 Å². The van der Waals surface area contributed by atoms with Gasteiger partial charge in [0.2, 0.25) is 0 Å². The van der Waals surface area contributed by atoms with Crippen LogP contribution in [0.2, 0.25) is 0 Å². The van der Waals surface area contributed by atoms with Crippen LogP contribution in [0.3, 0.4) is 0 Å². The zero-order valence-corrected chi connectivity index (χ0v) is 12.6. The maximum Gasteiger partial charge on any atom is 0.407 e. The van der Waals surface area contributed by atoms with Crippen LogP contribution in [0.25, 0.3) is 0 Å². The van der Waals surface area contributed by atoms with Crippen molar-refractivity contribution in [1.82, 2.24) is 5.32 Å². The number of carbonyl (C=O) groups excluding carboxylic acids is 1. The Morgan fingerprint density at radius 1 is 0.909 bits per heavy atom. The number of benzene rings is 2. The maximum absolute atomic E-state index is 11.5. The first-order valence-corrected chi connectivity index (χ1v) is 7.48. The molecule has 0 bridgehead atoms. The lowest BCUT2D eigenvalue weighted by Gasteiger charge is -2.05. The fourth-order valence-electron chi connectivity index (χ4n) is 1.98. The Hall–Kier alpha value is -2.55. The van der Waals surface area contributed by atoms with Crippen molar-refractivity contribution in [2.45, 2.75) is 19.4 Å². The number of alkyl carbamates (subject to hydrolysis) is 1. The van der Waals surface area contributed by atoms with Gasteiger partial charge in [-0.3, -0.25) is 0 Å². The molecular formula is C19H21NO2. The molecule has 2 aromatic carbocycles. The number of hydrogen-bond donors (Lipinski definition) is 1. The van der Waals surface area contributed by atoms with Crippen molar-refractivity contribution in [3.8, 4) is 0 Å². The predicted molar refractivity (Wildman–Crippen MR) is 88.5 cm³/mol. The number of hydrogen-bond acceptors (Lipinski definition) is 2. The molecule has 1 N–H and O–H groups in total. The lowest BCUT2D eigenvalue weighted by atomic mass is 10.1. The second-order valence-electron chi connectivity index (χ2n) is 4.94. The Bertz CT molecular complexity index is 579. The van der Waals surface area contributed by atoms with Crippen LogP contribution in [0.1, 0.15) is 17.5 Å². The van der Waals surface area contributed by atoms with Gasteiger partial charge in [0.05, 0.1) is 0 Å². The predicted octanol–water partition coefficient (Wildman–Crippen LogP) is 4.10. The summed E-state index contributed by atoms with van der Waals surface area (Å²) in [6.07, 6.45) is 5.53. The topological polar surface area (TPSA) is 38.3 Å². The minimum absolute atomic E-state index is 0.302. The molecule has 3 heteroatoms. The summed E-state index contributed by atoms with van der Waals surface area (Å²) >= 11 is 0. The molecule has 0 aliphatic heterocycles. The molecule has 0 saturated carbocycles. The third-order valence-electron chi connectivity index (χ3n) is 3.16. The molecule has 22 heavy (non-hydrogen) atoms. The van der Waals surface area contributed by atoms with Crippen LogP contribution in [0.4, 0.5) is 4.79 Å². The molecule has 0 heterocycles. The molecule has 1 amide bonds. The minimum atomic E-state index is -0.375. The molecule has 3 nitrogen and oxygen atoms in total. The molecule has 0 aliphatic carbocycles. The van der Waals surface area contributed by atoms with E-state index in [4.69, 9.17) is 4.74 Å². The largest absolute Gasteiger partial charge is 0.445 e. The van der Waals surface area contributed by atoms with Crippen molar-refractivity contribution < 1.29 is 9.53 Å². The van der Waals surface area contributed by atoms with Crippen molar-refractivity contribution in [3.05, 3.63) is 83.9 Å². The van der Waals surface area contributed by atoms with E-state index in [1.165, 1.54) is 5.56 Å². The van der Waals surface area contributed by atoms with Crippen molar-refractivity contribution >= 4 is 6.09 Å². The van der Waals surface area contributed by atoms with Crippen LogP contribution >= 0.6 is 0 Å². The van der Waals surface area contributed by atoms with Gasteiger partial charge in [0, 0.05) is 6.54 Å². The van der Waals surface area contributed by atoms with Crippen LogP contribution in [0.15, 0.2) is 72.8 Å². The molecule has 114 valence electrons. The van der Waals surface area contributed by atoms with E-state index in [0.717, 1.165) is 18.4 Å². The van der Waals surface area contributed by atoms with Crippen LogP contribution in [0.5, 0.6) is 0 Å². The second kappa shape index (κ2) is 9.40. The number of ether oxygens (including phenoxy) is 1. The smallest absolute Gasteiger partial charge is 0.407 e. The molecule has 0 spiro atoms. The Labute approximate surface area is 131 Å². The monoisotopic (exact) mass is 295 g/mol. The molecule has 0 saturated heterocycles. The third-order valence-corrected chi connectivity index (χ3v) is 3.16. The summed E-state index contributed by atoms with van der Waals surface area (Å²) in [7, 11) is 0. The van der Waals surface area contributed by atoms with Gasteiger partial charge in [-0.2, -0.15) is 0 Å². The molecule has 0 unspecified atom stereocenters. The zero-order valence-electron chi connectivity index (χ0n) is 12.6. The van der Waals surface area contributed by atoms with E-state index >= 15 is 0 Å². The Kier molecular flexibility index (Phi) is 6.76. The molecule has 2 aromatic rings. The summed E-state index contributed by atoms with van der Waals surface area (Å²) in [6.45, 7) is 0.884. The van der Waals surface area contributed by atoms with Gasteiger partial charge in [-0.25, -0.2) is 4.79 Å². The zero-order chi connectivity index (χ0) is 15.5. The van der Waals surface area contributed by atoms with Gasteiger partial charge in [0.25, 0.3) is 0 Å².